The van der Waals surface area contributed by atoms with E-state index in [1.807, 2.05) is 4.90 Å². The molecule has 0 radical (unpaired) electrons. The molecule has 0 spiro atoms. The number of β-amino-alcohol motifs (C(OH)–C–C–N with tert-alkyl or cyclic N) is 1. The van der Waals surface area contributed by atoms with Gasteiger partial charge >= 0.3 is 5.69 Å². The average molecular weight is 295 g/mol. The number of aliphatic hydroxyl groups is 2. The molecule has 1 aliphatic heterocycles. The SMILES string of the molecule is O=c1[nH]c(=O)c2n[nH]c(CCN3C[C@@H](CO)[C@@H](O)C3)c2[nH]1. The molecule has 21 heavy (non-hydrogen) atoms. The van der Waals surface area contributed by atoms with Crippen molar-refractivity contribution in [3.05, 3.63) is 26.5 Å². The molecule has 0 unspecified atom stereocenters. The number of H-pyrrole nitrogens is 3. The van der Waals surface area contributed by atoms with E-state index in [9.17, 15) is 14.7 Å². The van der Waals surface area contributed by atoms with Gasteiger partial charge in [0.2, 0.25) is 0 Å². The van der Waals surface area contributed by atoms with Crippen molar-refractivity contribution in [1.82, 2.24) is 25.1 Å². The second kappa shape index (κ2) is 5.43. The third-order valence-corrected chi connectivity index (χ3v) is 3.92. The van der Waals surface area contributed by atoms with Crippen molar-refractivity contribution < 1.29 is 10.2 Å². The second-order valence-corrected chi connectivity index (χ2v) is 5.35. The predicted octanol–water partition coefficient (Wildman–Crippen LogP) is -2.23. The van der Waals surface area contributed by atoms with Gasteiger partial charge in [-0.2, -0.15) is 5.10 Å². The van der Waals surface area contributed by atoms with Crippen LogP contribution < -0.4 is 11.2 Å². The molecule has 1 saturated heterocycles. The fraction of sp³-hybridized carbons (Fsp3) is 0.583. The lowest BCUT2D eigenvalue weighted by Crippen LogP contribution is -2.25. The van der Waals surface area contributed by atoms with Crippen LogP contribution in [0.25, 0.3) is 11.0 Å². The van der Waals surface area contributed by atoms with Gasteiger partial charge in [-0.05, 0) is 0 Å². The first-order valence-corrected chi connectivity index (χ1v) is 6.79. The molecule has 2 aromatic rings. The standard InChI is InChI=1S/C12H17N5O4/c18-5-6-3-17(4-8(6)19)2-1-7-9-10(16-15-7)11(20)14-12(21)13-9/h6,8,18-19H,1-5H2,(H,15,16)(H2,13,14,20,21)/t6-,8-/m0/s1. The Balaban J connectivity index is 1.75. The third-order valence-electron chi connectivity index (χ3n) is 3.92. The maximum absolute atomic E-state index is 11.6. The molecule has 2 aromatic heterocycles. The number of aliphatic hydroxyl groups excluding tert-OH is 2. The third kappa shape index (κ3) is 2.62. The molecule has 0 aliphatic carbocycles. The zero-order chi connectivity index (χ0) is 15.0. The first kappa shape index (κ1) is 14.0. The van der Waals surface area contributed by atoms with Crippen LogP contribution in [0.2, 0.25) is 0 Å². The lowest BCUT2D eigenvalue weighted by Gasteiger charge is -2.14. The minimum atomic E-state index is -0.563. The topological polar surface area (TPSA) is 138 Å². The van der Waals surface area contributed by atoms with E-state index < -0.39 is 17.4 Å². The van der Waals surface area contributed by atoms with Gasteiger partial charge < -0.3 is 15.2 Å². The minimum absolute atomic E-state index is 0.0344. The normalized spacial score (nSPS) is 23.1. The van der Waals surface area contributed by atoms with Crippen LogP contribution in [0.1, 0.15) is 5.69 Å². The monoisotopic (exact) mass is 295 g/mol. The Kier molecular flexibility index (Phi) is 3.62. The Bertz CT molecular complexity index is 748. The highest BCUT2D eigenvalue weighted by atomic mass is 16.3. The summed E-state index contributed by atoms with van der Waals surface area (Å²) in [6.07, 6.45) is 0.0389. The van der Waals surface area contributed by atoms with E-state index in [0.717, 1.165) is 0 Å². The fourth-order valence-corrected chi connectivity index (χ4v) is 2.74. The summed E-state index contributed by atoms with van der Waals surface area (Å²) in [6.45, 7) is 1.74. The first-order chi connectivity index (χ1) is 10.1. The van der Waals surface area contributed by atoms with Crippen LogP contribution in [-0.4, -0.2) is 67.6 Å². The molecule has 1 aliphatic rings. The Morgan fingerprint density at radius 2 is 2.10 bits per heavy atom. The molecule has 5 N–H and O–H groups in total. The summed E-state index contributed by atoms with van der Waals surface area (Å²) in [6, 6.07) is 0. The lowest BCUT2D eigenvalue weighted by molar-refractivity contribution is 0.103. The number of rotatable bonds is 4. The predicted molar refractivity (Wildman–Crippen MR) is 74.1 cm³/mol. The maximum atomic E-state index is 11.6. The fourth-order valence-electron chi connectivity index (χ4n) is 2.74. The summed E-state index contributed by atoms with van der Waals surface area (Å²) < 4.78 is 0. The number of hydrogen-bond acceptors (Lipinski definition) is 6. The van der Waals surface area contributed by atoms with E-state index in [1.54, 1.807) is 0 Å². The minimum Gasteiger partial charge on any atom is -0.396 e. The highest BCUT2D eigenvalue weighted by molar-refractivity contribution is 5.75. The molecule has 0 amide bonds. The molecule has 0 bridgehead atoms. The van der Waals surface area contributed by atoms with Crippen molar-refractivity contribution in [2.24, 2.45) is 5.92 Å². The summed E-state index contributed by atoms with van der Waals surface area (Å²) >= 11 is 0. The summed E-state index contributed by atoms with van der Waals surface area (Å²) in [5.41, 5.74) is 0.192. The number of hydrogen-bond donors (Lipinski definition) is 5. The zero-order valence-corrected chi connectivity index (χ0v) is 11.3. The van der Waals surface area contributed by atoms with Crippen LogP contribution in [0.15, 0.2) is 9.59 Å². The Hall–Kier alpha value is -1.97. The molecule has 0 aromatic carbocycles. The van der Waals surface area contributed by atoms with Gasteiger partial charge in [0.1, 0.15) is 0 Å². The van der Waals surface area contributed by atoms with Gasteiger partial charge in [-0.3, -0.25) is 19.8 Å². The van der Waals surface area contributed by atoms with Crippen LogP contribution in [0.4, 0.5) is 0 Å². The van der Waals surface area contributed by atoms with Crippen LogP contribution in [0.5, 0.6) is 0 Å². The zero-order valence-electron chi connectivity index (χ0n) is 11.3. The van der Waals surface area contributed by atoms with Crippen molar-refractivity contribution in [2.75, 3.05) is 26.2 Å². The number of aromatic amines is 3. The van der Waals surface area contributed by atoms with Gasteiger partial charge in [0.15, 0.2) is 5.52 Å². The van der Waals surface area contributed by atoms with Gasteiger partial charge in [-0.25, -0.2) is 4.79 Å². The quantitative estimate of drug-likeness (QED) is 0.432. The van der Waals surface area contributed by atoms with Gasteiger partial charge in [0.05, 0.1) is 17.3 Å². The molecule has 9 nitrogen and oxygen atoms in total. The molecular weight excluding hydrogens is 278 g/mol. The molecule has 3 rings (SSSR count). The largest absolute Gasteiger partial charge is 0.396 e. The van der Waals surface area contributed by atoms with Gasteiger partial charge in [0.25, 0.3) is 5.56 Å². The summed E-state index contributed by atoms with van der Waals surface area (Å²) in [5, 5.41) is 25.5. The molecular formula is C12H17N5O4. The first-order valence-electron chi connectivity index (χ1n) is 6.79. The summed E-state index contributed by atoms with van der Waals surface area (Å²) in [7, 11) is 0. The van der Waals surface area contributed by atoms with Gasteiger partial charge in [-0.1, -0.05) is 0 Å². The van der Waals surface area contributed by atoms with Crippen LogP contribution >= 0.6 is 0 Å². The second-order valence-electron chi connectivity index (χ2n) is 5.35. The number of aromatic nitrogens is 4. The Morgan fingerprint density at radius 1 is 1.29 bits per heavy atom. The van der Waals surface area contributed by atoms with E-state index in [-0.39, 0.29) is 18.0 Å². The molecule has 0 saturated carbocycles. The van der Waals surface area contributed by atoms with Gasteiger partial charge in [0, 0.05) is 38.6 Å². The summed E-state index contributed by atoms with van der Waals surface area (Å²) in [4.78, 5) is 29.6. The maximum Gasteiger partial charge on any atom is 0.326 e. The number of nitrogens with zero attached hydrogens (tertiary/aromatic N) is 2. The van der Waals surface area contributed by atoms with Crippen molar-refractivity contribution in [2.45, 2.75) is 12.5 Å². The summed E-state index contributed by atoms with van der Waals surface area (Å²) in [5.74, 6) is -0.119. The molecule has 1 fully saturated rings. The molecule has 9 heteroatoms. The molecule has 114 valence electrons. The highest BCUT2D eigenvalue weighted by Gasteiger charge is 2.30. The number of nitrogens with one attached hydrogen (secondary N) is 3. The molecule has 2 atom stereocenters. The van der Waals surface area contributed by atoms with Crippen molar-refractivity contribution in [3.8, 4) is 0 Å². The van der Waals surface area contributed by atoms with E-state index in [4.69, 9.17) is 5.11 Å². The van der Waals surface area contributed by atoms with Crippen LogP contribution in [0, 0.1) is 5.92 Å². The van der Waals surface area contributed by atoms with Gasteiger partial charge in [-0.15, -0.1) is 0 Å². The van der Waals surface area contributed by atoms with E-state index in [2.05, 4.69) is 20.2 Å². The number of fused-ring (bicyclic) bond motifs is 1. The Morgan fingerprint density at radius 3 is 2.81 bits per heavy atom. The lowest BCUT2D eigenvalue weighted by atomic mass is 10.1. The van der Waals surface area contributed by atoms with E-state index in [0.29, 0.717) is 37.3 Å². The molecule has 3 heterocycles. The smallest absolute Gasteiger partial charge is 0.326 e. The van der Waals surface area contributed by atoms with Crippen LogP contribution in [-0.2, 0) is 6.42 Å². The van der Waals surface area contributed by atoms with Crippen molar-refractivity contribution >= 4 is 11.0 Å². The van der Waals surface area contributed by atoms with E-state index in [1.165, 1.54) is 0 Å². The Labute approximate surface area is 118 Å². The average Bonchev–Trinajstić information content (AvgIpc) is 3.00. The van der Waals surface area contributed by atoms with Crippen molar-refractivity contribution in [1.29, 1.82) is 0 Å². The van der Waals surface area contributed by atoms with Crippen LogP contribution in [0.3, 0.4) is 0 Å². The highest BCUT2D eigenvalue weighted by Crippen LogP contribution is 2.17. The van der Waals surface area contributed by atoms with E-state index >= 15 is 0 Å². The number of likely N-dealkylation sites (tertiary alicyclic amines) is 1. The van der Waals surface area contributed by atoms with Crippen molar-refractivity contribution in [3.63, 3.8) is 0 Å².